The second kappa shape index (κ2) is 7.11. The van der Waals surface area contributed by atoms with Crippen LogP contribution >= 0.6 is 0 Å². The van der Waals surface area contributed by atoms with E-state index in [1.54, 1.807) is 18.9 Å². The first kappa shape index (κ1) is 15.4. The van der Waals surface area contributed by atoms with Crippen LogP contribution in [0.15, 0.2) is 18.2 Å². The van der Waals surface area contributed by atoms with Crippen LogP contribution < -0.4 is 9.64 Å². The van der Waals surface area contributed by atoms with Crippen molar-refractivity contribution in [2.75, 3.05) is 25.2 Å². The molecule has 1 heterocycles. The maximum absolute atomic E-state index is 11.6. The lowest BCUT2D eigenvalue weighted by molar-refractivity contribution is -0.143. The Balaban J connectivity index is 1.85. The quantitative estimate of drug-likeness (QED) is 0.596. The molecule has 0 saturated carbocycles. The lowest BCUT2D eigenvalue weighted by Crippen LogP contribution is -2.30. The zero-order valence-electron chi connectivity index (χ0n) is 12.6. The third-order valence-electron chi connectivity index (χ3n) is 3.49. The summed E-state index contributed by atoms with van der Waals surface area (Å²) < 4.78 is 10.5. The molecule has 5 nitrogen and oxygen atoms in total. The van der Waals surface area contributed by atoms with E-state index >= 15 is 0 Å². The van der Waals surface area contributed by atoms with E-state index in [-0.39, 0.29) is 11.9 Å². The Bertz CT molecular complexity index is 527. The van der Waals surface area contributed by atoms with E-state index in [0.717, 1.165) is 23.4 Å². The third kappa shape index (κ3) is 3.97. The maximum atomic E-state index is 11.6. The summed E-state index contributed by atoms with van der Waals surface area (Å²) in [6.07, 6.45) is 2.29. The highest BCUT2D eigenvalue weighted by Gasteiger charge is 2.20. The molecule has 1 amide bonds. The molecule has 21 heavy (non-hydrogen) atoms. The molecular weight excluding hydrogens is 270 g/mol. The number of amides is 1. The average Bonchev–Trinajstić information content (AvgIpc) is 2.48. The van der Waals surface area contributed by atoms with Crippen molar-refractivity contribution in [2.24, 2.45) is 0 Å². The predicted molar refractivity (Wildman–Crippen MR) is 79.5 cm³/mol. The van der Waals surface area contributed by atoms with Crippen LogP contribution in [0.3, 0.4) is 0 Å². The fourth-order valence-electron chi connectivity index (χ4n) is 2.36. The van der Waals surface area contributed by atoms with Crippen molar-refractivity contribution in [3.8, 4) is 5.75 Å². The summed E-state index contributed by atoms with van der Waals surface area (Å²) in [5.41, 5.74) is 2.07. The van der Waals surface area contributed by atoms with E-state index in [4.69, 9.17) is 9.47 Å². The molecule has 1 aliphatic rings. The molecule has 0 saturated heterocycles. The first-order valence-corrected chi connectivity index (χ1v) is 7.29. The van der Waals surface area contributed by atoms with Gasteiger partial charge in [-0.25, -0.2) is 0 Å². The number of anilines is 1. The minimum atomic E-state index is -0.188. The average molecular weight is 291 g/mol. The summed E-state index contributed by atoms with van der Waals surface area (Å²) in [6.45, 7) is 2.69. The van der Waals surface area contributed by atoms with Crippen molar-refractivity contribution in [2.45, 2.75) is 32.6 Å². The Morgan fingerprint density at radius 2 is 2.14 bits per heavy atom. The molecule has 5 heteroatoms. The van der Waals surface area contributed by atoms with Gasteiger partial charge >= 0.3 is 5.97 Å². The summed E-state index contributed by atoms with van der Waals surface area (Å²) in [4.78, 5) is 24.5. The first-order chi connectivity index (χ1) is 10.1. The molecule has 1 aromatic carbocycles. The van der Waals surface area contributed by atoms with Crippen LogP contribution in [0.1, 0.15) is 31.7 Å². The predicted octanol–water partition coefficient (Wildman–Crippen LogP) is 2.32. The fraction of sp³-hybridized carbons (Fsp3) is 0.500. The third-order valence-corrected chi connectivity index (χ3v) is 3.49. The molecule has 0 bridgehead atoms. The SMILES string of the molecule is CCOC(=O)CCCOc1ccc2c(c1)CCC(=O)N2C. The number of hydrogen-bond donors (Lipinski definition) is 0. The number of carbonyl (C=O) groups excluding carboxylic acids is 2. The summed E-state index contributed by atoms with van der Waals surface area (Å²) in [5.74, 6) is 0.734. The number of hydrogen-bond acceptors (Lipinski definition) is 4. The molecule has 0 radical (unpaired) electrons. The van der Waals surface area contributed by atoms with E-state index in [2.05, 4.69) is 0 Å². The van der Waals surface area contributed by atoms with Gasteiger partial charge in [0.05, 0.1) is 13.2 Å². The number of ether oxygens (including phenoxy) is 2. The van der Waals surface area contributed by atoms with Crippen LogP contribution in [0.4, 0.5) is 5.69 Å². The normalized spacial score (nSPS) is 13.8. The Morgan fingerprint density at radius 3 is 2.90 bits per heavy atom. The second-order valence-corrected chi connectivity index (χ2v) is 5.00. The number of fused-ring (bicyclic) bond motifs is 1. The van der Waals surface area contributed by atoms with Gasteiger partial charge in [-0.05, 0) is 43.5 Å². The van der Waals surface area contributed by atoms with Gasteiger partial charge < -0.3 is 14.4 Å². The second-order valence-electron chi connectivity index (χ2n) is 5.00. The number of carbonyl (C=O) groups is 2. The van der Waals surface area contributed by atoms with Crippen LogP contribution in [0, 0.1) is 0 Å². The van der Waals surface area contributed by atoms with E-state index in [0.29, 0.717) is 32.5 Å². The molecule has 0 N–H and O–H groups in total. The molecular formula is C16H21NO4. The van der Waals surface area contributed by atoms with E-state index in [9.17, 15) is 9.59 Å². The van der Waals surface area contributed by atoms with Gasteiger partial charge in [-0.15, -0.1) is 0 Å². The monoisotopic (exact) mass is 291 g/mol. The van der Waals surface area contributed by atoms with Crippen LogP contribution in [0.25, 0.3) is 0 Å². The summed E-state index contributed by atoms with van der Waals surface area (Å²) in [7, 11) is 1.79. The van der Waals surface area contributed by atoms with Crippen LogP contribution in [-0.2, 0) is 20.7 Å². The highest BCUT2D eigenvalue weighted by Crippen LogP contribution is 2.30. The summed E-state index contributed by atoms with van der Waals surface area (Å²) >= 11 is 0. The zero-order valence-corrected chi connectivity index (χ0v) is 12.6. The lowest BCUT2D eigenvalue weighted by atomic mass is 10.0. The van der Waals surface area contributed by atoms with Crippen molar-refractivity contribution in [3.05, 3.63) is 23.8 Å². The number of rotatable bonds is 6. The topological polar surface area (TPSA) is 55.8 Å². The van der Waals surface area contributed by atoms with Gasteiger partial charge in [-0.3, -0.25) is 9.59 Å². The van der Waals surface area contributed by atoms with E-state index in [1.165, 1.54) is 0 Å². The zero-order chi connectivity index (χ0) is 15.2. The highest BCUT2D eigenvalue weighted by molar-refractivity contribution is 5.95. The van der Waals surface area contributed by atoms with Crippen molar-refractivity contribution in [1.29, 1.82) is 0 Å². The molecule has 2 rings (SSSR count). The van der Waals surface area contributed by atoms with Crippen molar-refractivity contribution >= 4 is 17.6 Å². The Kier molecular flexibility index (Phi) is 5.20. The molecule has 114 valence electrons. The summed E-state index contributed by atoms with van der Waals surface area (Å²) in [5, 5.41) is 0. The number of esters is 1. The van der Waals surface area contributed by atoms with Gasteiger partial charge in [0.15, 0.2) is 0 Å². The van der Waals surface area contributed by atoms with Gasteiger partial charge in [0.2, 0.25) is 5.91 Å². The van der Waals surface area contributed by atoms with Crippen molar-refractivity contribution < 1.29 is 19.1 Å². The van der Waals surface area contributed by atoms with Crippen molar-refractivity contribution in [1.82, 2.24) is 0 Å². The molecule has 1 aliphatic heterocycles. The molecule has 0 aromatic heterocycles. The molecule has 0 aliphatic carbocycles. The minimum absolute atomic E-state index is 0.144. The number of aryl methyl sites for hydroxylation is 1. The summed E-state index contributed by atoms with van der Waals surface area (Å²) in [6, 6.07) is 5.74. The van der Waals surface area contributed by atoms with Crippen LogP contribution in [0.5, 0.6) is 5.75 Å². The molecule has 0 atom stereocenters. The highest BCUT2D eigenvalue weighted by atomic mass is 16.5. The Labute approximate surface area is 124 Å². The van der Waals surface area contributed by atoms with Crippen LogP contribution in [-0.4, -0.2) is 32.1 Å². The molecule has 0 fully saturated rings. The van der Waals surface area contributed by atoms with Gasteiger partial charge in [-0.1, -0.05) is 0 Å². The van der Waals surface area contributed by atoms with Gasteiger partial charge in [0.1, 0.15) is 5.75 Å². The number of benzene rings is 1. The standard InChI is InChI=1S/C16H21NO4/c1-3-20-16(19)5-4-10-21-13-7-8-14-12(11-13)6-9-15(18)17(14)2/h7-8,11H,3-6,9-10H2,1-2H3. The van der Waals surface area contributed by atoms with E-state index in [1.807, 2.05) is 18.2 Å². The van der Waals surface area contributed by atoms with E-state index < -0.39 is 0 Å². The first-order valence-electron chi connectivity index (χ1n) is 7.29. The number of nitrogens with zero attached hydrogens (tertiary/aromatic N) is 1. The van der Waals surface area contributed by atoms with Gasteiger partial charge in [0.25, 0.3) is 0 Å². The smallest absolute Gasteiger partial charge is 0.305 e. The lowest BCUT2D eigenvalue weighted by Gasteiger charge is -2.26. The minimum Gasteiger partial charge on any atom is -0.494 e. The molecule has 0 unspecified atom stereocenters. The van der Waals surface area contributed by atoms with Gasteiger partial charge in [0, 0.05) is 25.6 Å². The Morgan fingerprint density at radius 1 is 1.33 bits per heavy atom. The van der Waals surface area contributed by atoms with Crippen molar-refractivity contribution in [3.63, 3.8) is 0 Å². The van der Waals surface area contributed by atoms with Gasteiger partial charge in [-0.2, -0.15) is 0 Å². The molecule has 0 spiro atoms. The maximum Gasteiger partial charge on any atom is 0.305 e. The Hall–Kier alpha value is -2.04. The fourth-order valence-corrected chi connectivity index (χ4v) is 2.36. The molecule has 1 aromatic rings. The van der Waals surface area contributed by atoms with Crippen LogP contribution in [0.2, 0.25) is 0 Å². The largest absolute Gasteiger partial charge is 0.494 e.